The highest BCUT2D eigenvalue weighted by atomic mass is 16.5. The molecule has 0 aliphatic rings. The van der Waals surface area contributed by atoms with Crippen LogP contribution in [-0.4, -0.2) is 48.8 Å². The number of hydrogen-bond acceptors (Lipinski definition) is 4. The van der Waals surface area contributed by atoms with Gasteiger partial charge in [0.2, 0.25) is 0 Å². The van der Waals surface area contributed by atoms with E-state index in [1.165, 1.54) is 0 Å². The molecule has 0 saturated carbocycles. The summed E-state index contributed by atoms with van der Waals surface area (Å²) in [6.07, 6.45) is 0.756. The Labute approximate surface area is 126 Å². The minimum absolute atomic E-state index is 0.0477. The first-order valence-electron chi connectivity index (χ1n) is 7.07. The average molecular weight is 295 g/mol. The average Bonchev–Trinajstić information content (AvgIpc) is 2.43. The third-order valence-electron chi connectivity index (χ3n) is 3.53. The van der Waals surface area contributed by atoms with Gasteiger partial charge in [-0.1, -0.05) is 6.07 Å². The highest BCUT2D eigenvalue weighted by molar-refractivity contribution is 5.69. The number of benzene rings is 1. The van der Waals surface area contributed by atoms with Crippen LogP contribution in [0.2, 0.25) is 0 Å². The maximum Gasteiger partial charge on any atom is 0.317 e. The van der Waals surface area contributed by atoms with E-state index < -0.39 is 5.97 Å². The van der Waals surface area contributed by atoms with E-state index in [0.717, 1.165) is 12.0 Å². The van der Waals surface area contributed by atoms with Gasteiger partial charge in [0, 0.05) is 12.1 Å². The van der Waals surface area contributed by atoms with Crippen molar-refractivity contribution in [1.82, 2.24) is 4.90 Å². The van der Waals surface area contributed by atoms with Crippen LogP contribution in [0.4, 0.5) is 0 Å². The minimum Gasteiger partial charge on any atom is -0.493 e. The largest absolute Gasteiger partial charge is 0.493 e. The first-order chi connectivity index (χ1) is 9.88. The van der Waals surface area contributed by atoms with Gasteiger partial charge in [-0.25, -0.2) is 0 Å². The number of nitrogens with zero attached hydrogens (tertiary/aromatic N) is 1. The summed E-state index contributed by atoms with van der Waals surface area (Å²) < 4.78 is 10.5. The molecular weight excluding hydrogens is 270 g/mol. The third kappa shape index (κ3) is 4.93. The topological polar surface area (TPSA) is 59.0 Å². The fraction of sp³-hybridized carbons (Fsp3) is 0.562. The second-order valence-corrected chi connectivity index (χ2v) is 5.40. The molecule has 118 valence electrons. The lowest BCUT2D eigenvalue weighted by Gasteiger charge is -2.31. The summed E-state index contributed by atoms with van der Waals surface area (Å²) in [5.74, 6) is 0.583. The van der Waals surface area contributed by atoms with Gasteiger partial charge in [0.1, 0.15) is 0 Å². The van der Waals surface area contributed by atoms with E-state index in [1.807, 2.05) is 43.9 Å². The van der Waals surface area contributed by atoms with E-state index in [1.54, 1.807) is 14.2 Å². The quantitative estimate of drug-likeness (QED) is 0.798. The minimum atomic E-state index is -0.803. The van der Waals surface area contributed by atoms with Crippen LogP contribution in [0.1, 0.15) is 26.3 Å². The summed E-state index contributed by atoms with van der Waals surface area (Å²) in [6, 6.07) is 6.10. The highest BCUT2D eigenvalue weighted by Crippen LogP contribution is 2.28. The van der Waals surface area contributed by atoms with Crippen molar-refractivity contribution in [3.05, 3.63) is 23.8 Å². The highest BCUT2D eigenvalue weighted by Gasteiger charge is 2.20. The Morgan fingerprint density at radius 2 is 1.81 bits per heavy atom. The molecule has 0 bridgehead atoms. The molecule has 0 amide bonds. The predicted octanol–water partition coefficient (Wildman–Crippen LogP) is 2.43. The molecule has 0 aliphatic heterocycles. The van der Waals surface area contributed by atoms with Gasteiger partial charge < -0.3 is 14.6 Å². The summed E-state index contributed by atoms with van der Waals surface area (Å²) in [5.41, 5.74) is 1.09. The van der Waals surface area contributed by atoms with Crippen LogP contribution < -0.4 is 9.47 Å². The number of ether oxygens (including phenoxy) is 2. The second-order valence-electron chi connectivity index (χ2n) is 5.40. The summed E-state index contributed by atoms with van der Waals surface area (Å²) in [4.78, 5) is 12.9. The number of carbonyl (C=O) groups is 1. The lowest BCUT2D eigenvalue weighted by Crippen LogP contribution is -2.43. The third-order valence-corrected chi connectivity index (χ3v) is 3.53. The molecule has 21 heavy (non-hydrogen) atoms. The van der Waals surface area contributed by atoms with Crippen molar-refractivity contribution in [2.24, 2.45) is 0 Å². The number of aliphatic carboxylic acids is 1. The zero-order valence-electron chi connectivity index (χ0n) is 13.4. The molecule has 1 N–H and O–H groups in total. The van der Waals surface area contributed by atoms with E-state index in [9.17, 15) is 4.79 Å². The molecule has 1 rings (SSSR count). The standard InChI is InChI=1S/C16H25NO4/c1-11(2)17(10-16(18)19)12(3)8-13-6-7-14(20-4)15(9-13)21-5/h6-7,9,11-12H,8,10H2,1-5H3,(H,18,19). The zero-order valence-corrected chi connectivity index (χ0v) is 13.4. The molecule has 0 heterocycles. The molecule has 0 saturated heterocycles. The van der Waals surface area contributed by atoms with Crippen LogP contribution in [-0.2, 0) is 11.2 Å². The fourth-order valence-corrected chi connectivity index (χ4v) is 2.47. The van der Waals surface area contributed by atoms with E-state index in [2.05, 4.69) is 0 Å². The van der Waals surface area contributed by atoms with Crippen LogP contribution in [0, 0.1) is 0 Å². The van der Waals surface area contributed by atoms with Crippen LogP contribution in [0.15, 0.2) is 18.2 Å². The molecule has 0 spiro atoms. The fourth-order valence-electron chi connectivity index (χ4n) is 2.47. The lowest BCUT2D eigenvalue weighted by molar-refractivity contribution is -0.139. The van der Waals surface area contributed by atoms with Crippen LogP contribution >= 0.6 is 0 Å². The maximum absolute atomic E-state index is 11.0. The van der Waals surface area contributed by atoms with Crippen molar-refractivity contribution in [1.29, 1.82) is 0 Å². The SMILES string of the molecule is COc1ccc(CC(C)N(CC(=O)O)C(C)C)cc1OC. The Balaban J connectivity index is 2.85. The maximum atomic E-state index is 11.0. The van der Waals surface area contributed by atoms with Crippen molar-refractivity contribution in [3.8, 4) is 11.5 Å². The van der Waals surface area contributed by atoms with Gasteiger partial charge in [-0.3, -0.25) is 9.69 Å². The monoisotopic (exact) mass is 295 g/mol. The molecule has 0 aliphatic carbocycles. The normalized spacial score (nSPS) is 12.5. The van der Waals surface area contributed by atoms with Crippen LogP contribution in [0.3, 0.4) is 0 Å². The van der Waals surface area contributed by atoms with Crippen LogP contribution in [0.5, 0.6) is 11.5 Å². The van der Waals surface area contributed by atoms with E-state index >= 15 is 0 Å². The lowest BCUT2D eigenvalue weighted by atomic mass is 10.0. The van der Waals surface area contributed by atoms with Gasteiger partial charge in [-0.2, -0.15) is 0 Å². The van der Waals surface area contributed by atoms with E-state index in [-0.39, 0.29) is 18.6 Å². The molecular formula is C16H25NO4. The number of carboxylic acid groups (broad SMARTS) is 1. The Bertz CT molecular complexity index is 473. The summed E-state index contributed by atoms with van der Waals surface area (Å²) in [5, 5.41) is 9.02. The van der Waals surface area contributed by atoms with E-state index in [0.29, 0.717) is 11.5 Å². The van der Waals surface area contributed by atoms with Gasteiger partial charge in [-0.15, -0.1) is 0 Å². The first kappa shape index (κ1) is 17.3. The number of rotatable bonds is 8. The summed E-state index contributed by atoms with van der Waals surface area (Å²) >= 11 is 0. The molecule has 1 aromatic rings. The van der Waals surface area contributed by atoms with Gasteiger partial charge >= 0.3 is 5.97 Å². The molecule has 0 radical (unpaired) electrons. The number of methoxy groups -OCH3 is 2. The van der Waals surface area contributed by atoms with Gasteiger partial charge in [0.05, 0.1) is 20.8 Å². The Morgan fingerprint density at radius 3 is 2.29 bits per heavy atom. The molecule has 1 atom stereocenters. The summed E-state index contributed by atoms with van der Waals surface area (Å²) in [6.45, 7) is 6.11. The molecule has 1 unspecified atom stereocenters. The zero-order chi connectivity index (χ0) is 16.0. The Hall–Kier alpha value is -1.75. The molecule has 5 heteroatoms. The van der Waals surface area contributed by atoms with Crippen molar-refractivity contribution in [2.75, 3.05) is 20.8 Å². The van der Waals surface area contributed by atoms with Crippen LogP contribution in [0.25, 0.3) is 0 Å². The summed E-state index contributed by atoms with van der Waals surface area (Å²) in [7, 11) is 3.21. The molecule has 0 fully saturated rings. The smallest absolute Gasteiger partial charge is 0.317 e. The number of carboxylic acids is 1. The van der Waals surface area contributed by atoms with Crippen molar-refractivity contribution < 1.29 is 19.4 Å². The van der Waals surface area contributed by atoms with Gasteiger partial charge in [-0.05, 0) is 44.9 Å². The molecule has 0 aromatic heterocycles. The predicted molar refractivity (Wildman–Crippen MR) is 82.2 cm³/mol. The Kier molecular flexibility index (Phi) is 6.49. The van der Waals surface area contributed by atoms with E-state index in [4.69, 9.17) is 14.6 Å². The first-order valence-corrected chi connectivity index (χ1v) is 7.07. The van der Waals surface area contributed by atoms with Crippen molar-refractivity contribution >= 4 is 5.97 Å². The Morgan fingerprint density at radius 1 is 1.19 bits per heavy atom. The number of hydrogen-bond donors (Lipinski definition) is 1. The molecule has 1 aromatic carbocycles. The van der Waals surface area contributed by atoms with Gasteiger partial charge in [0.25, 0.3) is 0 Å². The van der Waals surface area contributed by atoms with Gasteiger partial charge in [0.15, 0.2) is 11.5 Å². The molecule has 5 nitrogen and oxygen atoms in total. The van der Waals surface area contributed by atoms with Crippen molar-refractivity contribution in [3.63, 3.8) is 0 Å². The van der Waals surface area contributed by atoms with Crippen molar-refractivity contribution in [2.45, 2.75) is 39.3 Å². The second kappa shape index (κ2) is 7.88.